The van der Waals surface area contributed by atoms with Crippen molar-refractivity contribution in [2.75, 3.05) is 19.6 Å². The molecule has 4 aliphatic carbocycles. The lowest BCUT2D eigenvalue weighted by Crippen LogP contribution is -2.54. The number of nitrogens with zero attached hydrogens (tertiary/aromatic N) is 2. The van der Waals surface area contributed by atoms with Gasteiger partial charge in [0.05, 0.1) is 6.42 Å². The first kappa shape index (κ1) is 25.8. The summed E-state index contributed by atoms with van der Waals surface area (Å²) in [6, 6.07) is 8.80. The van der Waals surface area contributed by atoms with E-state index in [-0.39, 0.29) is 30.1 Å². The highest BCUT2D eigenvalue weighted by molar-refractivity contribution is 5.92. The Morgan fingerprint density at radius 1 is 0.947 bits per heavy atom. The van der Waals surface area contributed by atoms with Crippen LogP contribution in [0.5, 0.6) is 0 Å². The Morgan fingerprint density at radius 3 is 2.16 bits per heavy atom. The van der Waals surface area contributed by atoms with E-state index in [9.17, 15) is 19.5 Å². The Kier molecular flexibility index (Phi) is 7.00. The van der Waals surface area contributed by atoms with Gasteiger partial charge in [0.25, 0.3) is 0 Å². The number of benzene rings is 1. The number of amides is 2. The van der Waals surface area contributed by atoms with Gasteiger partial charge < -0.3 is 15.7 Å². The number of carbonyl (C=O) groups is 3. The summed E-state index contributed by atoms with van der Waals surface area (Å²) in [4.78, 5) is 41.0. The van der Waals surface area contributed by atoms with Crippen LogP contribution in [0.1, 0.15) is 98.9 Å². The molecule has 4 saturated carbocycles. The molecule has 0 spiro atoms. The van der Waals surface area contributed by atoms with Gasteiger partial charge in [-0.05, 0) is 111 Å². The lowest BCUT2D eigenvalue weighted by Gasteiger charge is -2.58. The fourth-order valence-electron chi connectivity index (χ4n) is 9.65. The van der Waals surface area contributed by atoms with Crippen LogP contribution in [0.3, 0.4) is 0 Å². The van der Waals surface area contributed by atoms with E-state index in [2.05, 4.69) is 15.9 Å². The number of nitrogens with two attached hydrogens (primary N) is 1. The average molecular weight is 522 g/mol. The maximum Gasteiger partial charge on any atom is 0.303 e. The second-order valence-electron chi connectivity index (χ2n) is 13.4. The van der Waals surface area contributed by atoms with Gasteiger partial charge >= 0.3 is 5.97 Å². The Labute approximate surface area is 226 Å². The third kappa shape index (κ3) is 5.23. The first-order valence-electron chi connectivity index (χ1n) is 14.9. The topological polar surface area (TPSA) is 104 Å². The predicted molar refractivity (Wildman–Crippen MR) is 145 cm³/mol. The van der Waals surface area contributed by atoms with Crippen molar-refractivity contribution in [1.29, 1.82) is 0 Å². The normalized spacial score (nSPS) is 35.4. The number of aliphatic carboxylic acids is 1. The quantitative estimate of drug-likeness (QED) is 0.475. The summed E-state index contributed by atoms with van der Waals surface area (Å²) in [6.45, 7) is 2.39. The van der Waals surface area contributed by atoms with E-state index >= 15 is 0 Å². The molecule has 2 aliphatic heterocycles. The number of hydrogen-bond acceptors (Lipinski definition) is 4. The number of carboxylic acids is 1. The van der Waals surface area contributed by atoms with Crippen LogP contribution >= 0.6 is 0 Å². The molecule has 7 heteroatoms. The van der Waals surface area contributed by atoms with Crippen LogP contribution in [0.2, 0.25) is 0 Å². The standard InChI is InChI=1S/C31H43N3O4/c32-30(38)24-3-1-2-23(13-24)25-14-26-4-5-27(15-25)34(26)9-8-33(28(35)6-7-29(36)37)19-31-16-20-10-21(17-31)12-22(11-20)18-31/h1-3,13,20-22,25-27H,4-12,14-19H2,(H2,32,38)(H,36,37). The van der Waals surface area contributed by atoms with Crippen LogP contribution in [-0.4, -0.2) is 64.4 Å². The maximum atomic E-state index is 13.4. The highest BCUT2D eigenvalue weighted by Crippen LogP contribution is 2.60. The van der Waals surface area contributed by atoms with Crippen LogP contribution in [0.25, 0.3) is 0 Å². The zero-order valence-corrected chi connectivity index (χ0v) is 22.5. The predicted octanol–water partition coefficient (Wildman–Crippen LogP) is 4.41. The smallest absolute Gasteiger partial charge is 0.303 e. The van der Waals surface area contributed by atoms with E-state index in [4.69, 9.17) is 5.73 Å². The van der Waals surface area contributed by atoms with Gasteiger partial charge in [0, 0.05) is 43.7 Å². The van der Waals surface area contributed by atoms with Crippen molar-refractivity contribution in [3.63, 3.8) is 0 Å². The van der Waals surface area contributed by atoms with Crippen molar-refractivity contribution < 1.29 is 19.5 Å². The third-order valence-corrected chi connectivity index (χ3v) is 10.8. The number of hydrogen-bond donors (Lipinski definition) is 2. The molecule has 6 bridgehead atoms. The molecule has 1 aromatic carbocycles. The Hall–Kier alpha value is -2.41. The fourth-order valence-corrected chi connectivity index (χ4v) is 9.65. The van der Waals surface area contributed by atoms with Crippen LogP contribution < -0.4 is 5.73 Å². The zero-order valence-electron chi connectivity index (χ0n) is 22.5. The van der Waals surface area contributed by atoms with Crippen molar-refractivity contribution in [3.05, 3.63) is 35.4 Å². The number of rotatable bonds is 10. The monoisotopic (exact) mass is 521 g/mol. The molecule has 6 fully saturated rings. The highest BCUT2D eigenvalue weighted by atomic mass is 16.4. The molecule has 2 heterocycles. The van der Waals surface area contributed by atoms with Crippen molar-refractivity contribution in [2.45, 2.75) is 95.1 Å². The van der Waals surface area contributed by atoms with Gasteiger partial charge in [0.2, 0.25) is 11.8 Å². The Morgan fingerprint density at radius 2 is 1.58 bits per heavy atom. The second kappa shape index (κ2) is 10.3. The zero-order chi connectivity index (χ0) is 26.4. The SMILES string of the molecule is NC(=O)c1cccc(C2CC3CCC(C2)N3CCN(CC23CC4CC(CC(C4)C2)C3)C(=O)CCC(=O)O)c1. The Balaban J connectivity index is 1.12. The Bertz CT molecular complexity index is 1040. The van der Waals surface area contributed by atoms with Crippen molar-refractivity contribution in [2.24, 2.45) is 28.9 Å². The summed E-state index contributed by atoms with van der Waals surface area (Å²) in [6.07, 6.45) is 12.4. The summed E-state index contributed by atoms with van der Waals surface area (Å²) in [5, 5.41) is 9.22. The average Bonchev–Trinajstić information content (AvgIpc) is 3.10. The van der Waals surface area contributed by atoms with Gasteiger partial charge in [0.1, 0.15) is 0 Å². The summed E-state index contributed by atoms with van der Waals surface area (Å²) in [7, 11) is 0. The fraction of sp³-hybridized carbons (Fsp3) is 0.710. The molecule has 38 heavy (non-hydrogen) atoms. The molecule has 0 radical (unpaired) electrons. The minimum absolute atomic E-state index is 0.0219. The van der Waals surface area contributed by atoms with E-state index in [0.29, 0.717) is 30.1 Å². The van der Waals surface area contributed by atoms with Gasteiger partial charge in [-0.25, -0.2) is 0 Å². The van der Waals surface area contributed by atoms with Gasteiger partial charge in [-0.2, -0.15) is 0 Å². The van der Waals surface area contributed by atoms with Gasteiger partial charge in [0.15, 0.2) is 0 Å². The summed E-state index contributed by atoms with van der Waals surface area (Å²) in [5.74, 6) is 1.69. The molecule has 0 aromatic heterocycles. The molecule has 6 aliphatic rings. The number of primary amides is 1. The molecule has 2 amide bonds. The molecule has 3 N–H and O–H groups in total. The number of carbonyl (C=O) groups excluding carboxylic acids is 2. The molecule has 2 unspecified atom stereocenters. The summed E-state index contributed by atoms with van der Waals surface area (Å²) < 4.78 is 0. The third-order valence-electron chi connectivity index (χ3n) is 10.8. The molecular weight excluding hydrogens is 478 g/mol. The van der Waals surface area contributed by atoms with E-state index in [1.165, 1.54) is 56.9 Å². The molecule has 7 rings (SSSR count). The van der Waals surface area contributed by atoms with Gasteiger partial charge in [-0.3, -0.25) is 19.3 Å². The molecule has 2 saturated heterocycles. The second-order valence-corrected chi connectivity index (χ2v) is 13.4. The van der Waals surface area contributed by atoms with Crippen LogP contribution in [0.4, 0.5) is 0 Å². The van der Waals surface area contributed by atoms with E-state index in [1.54, 1.807) is 6.07 Å². The largest absolute Gasteiger partial charge is 0.481 e. The lowest BCUT2D eigenvalue weighted by molar-refractivity contribution is -0.143. The van der Waals surface area contributed by atoms with Crippen LogP contribution in [0, 0.1) is 23.2 Å². The molecular formula is C31H43N3O4. The minimum Gasteiger partial charge on any atom is -0.481 e. The van der Waals surface area contributed by atoms with E-state index in [1.807, 2.05) is 12.1 Å². The van der Waals surface area contributed by atoms with Crippen molar-refractivity contribution in [3.8, 4) is 0 Å². The summed E-state index contributed by atoms with van der Waals surface area (Å²) in [5.41, 5.74) is 7.58. The molecule has 206 valence electrons. The van der Waals surface area contributed by atoms with E-state index < -0.39 is 5.97 Å². The first-order chi connectivity index (χ1) is 18.3. The molecule has 2 atom stereocenters. The maximum absolute atomic E-state index is 13.4. The van der Waals surface area contributed by atoms with Gasteiger partial charge in [-0.1, -0.05) is 12.1 Å². The number of carboxylic acid groups (broad SMARTS) is 1. The summed E-state index contributed by atoms with van der Waals surface area (Å²) >= 11 is 0. The number of piperidine rings is 1. The highest BCUT2D eigenvalue weighted by Gasteiger charge is 2.51. The molecule has 7 nitrogen and oxygen atoms in total. The van der Waals surface area contributed by atoms with Crippen LogP contribution in [0.15, 0.2) is 24.3 Å². The molecule has 1 aromatic rings. The number of fused-ring (bicyclic) bond motifs is 2. The van der Waals surface area contributed by atoms with Crippen LogP contribution in [-0.2, 0) is 9.59 Å². The van der Waals surface area contributed by atoms with E-state index in [0.717, 1.165) is 43.7 Å². The van der Waals surface area contributed by atoms with Crippen molar-refractivity contribution in [1.82, 2.24) is 9.80 Å². The lowest BCUT2D eigenvalue weighted by atomic mass is 9.49. The minimum atomic E-state index is -0.895. The first-order valence-corrected chi connectivity index (χ1v) is 14.9. The van der Waals surface area contributed by atoms with Gasteiger partial charge in [-0.15, -0.1) is 0 Å². The van der Waals surface area contributed by atoms with Crippen molar-refractivity contribution >= 4 is 17.8 Å².